The minimum absolute atomic E-state index is 0.469. The lowest BCUT2D eigenvalue weighted by Gasteiger charge is -2.41. The molecule has 2 nitrogen and oxygen atoms in total. The molecule has 0 saturated carbocycles. The molecule has 1 saturated heterocycles. The van der Waals surface area contributed by atoms with Gasteiger partial charge in [0.1, 0.15) is 0 Å². The van der Waals surface area contributed by atoms with Crippen molar-refractivity contribution in [1.82, 2.24) is 4.90 Å². The van der Waals surface area contributed by atoms with E-state index in [9.17, 15) is 0 Å². The van der Waals surface area contributed by atoms with Crippen molar-refractivity contribution in [3.05, 3.63) is 34.9 Å². The minimum atomic E-state index is 0.469. The third kappa shape index (κ3) is 2.82. The molecule has 17 heavy (non-hydrogen) atoms. The molecule has 2 unspecified atom stereocenters. The fourth-order valence-electron chi connectivity index (χ4n) is 2.90. The van der Waals surface area contributed by atoms with Crippen molar-refractivity contribution >= 4 is 11.6 Å². The minimum Gasteiger partial charge on any atom is -0.330 e. The van der Waals surface area contributed by atoms with Crippen LogP contribution < -0.4 is 5.73 Å². The molecule has 1 aliphatic rings. The van der Waals surface area contributed by atoms with Crippen molar-refractivity contribution < 1.29 is 0 Å². The van der Waals surface area contributed by atoms with E-state index in [0.29, 0.717) is 12.0 Å². The van der Waals surface area contributed by atoms with Crippen molar-refractivity contribution in [2.75, 3.05) is 19.6 Å². The average molecular weight is 253 g/mol. The van der Waals surface area contributed by atoms with Crippen molar-refractivity contribution in [1.29, 1.82) is 0 Å². The standard InChI is InChI=1S/C14H21ClN2/c1-2-17-9-3-4-12(10-16)14(17)11-5-7-13(15)8-6-11/h5-8,12,14H,2-4,9-10,16H2,1H3. The number of piperidine rings is 1. The Hall–Kier alpha value is -0.570. The molecule has 0 spiro atoms. The summed E-state index contributed by atoms with van der Waals surface area (Å²) in [6, 6.07) is 8.71. The third-order valence-corrected chi connectivity index (χ3v) is 4.03. The molecule has 2 atom stereocenters. The van der Waals surface area contributed by atoms with Gasteiger partial charge in [-0.3, -0.25) is 4.90 Å². The Balaban J connectivity index is 2.26. The van der Waals surface area contributed by atoms with Gasteiger partial charge in [0.2, 0.25) is 0 Å². The second-order valence-corrected chi connectivity index (χ2v) is 5.20. The summed E-state index contributed by atoms with van der Waals surface area (Å²) in [6.45, 7) is 5.26. The van der Waals surface area contributed by atoms with Crippen LogP contribution in [0.5, 0.6) is 0 Å². The molecule has 1 fully saturated rings. The first-order valence-electron chi connectivity index (χ1n) is 6.45. The summed E-state index contributed by atoms with van der Waals surface area (Å²) in [5, 5.41) is 0.803. The van der Waals surface area contributed by atoms with Gasteiger partial charge in [-0.1, -0.05) is 30.7 Å². The number of rotatable bonds is 3. The molecule has 0 radical (unpaired) electrons. The number of likely N-dealkylation sites (tertiary alicyclic amines) is 1. The van der Waals surface area contributed by atoms with Crippen LogP contribution in [0.1, 0.15) is 31.4 Å². The van der Waals surface area contributed by atoms with E-state index < -0.39 is 0 Å². The third-order valence-electron chi connectivity index (χ3n) is 3.78. The molecule has 0 aromatic heterocycles. The highest BCUT2D eigenvalue weighted by molar-refractivity contribution is 6.30. The van der Waals surface area contributed by atoms with Crippen LogP contribution in [0.3, 0.4) is 0 Å². The van der Waals surface area contributed by atoms with Gasteiger partial charge in [0.25, 0.3) is 0 Å². The van der Waals surface area contributed by atoms with Crippen molar-refractivity contribution in [2.24, 2.45) is 11.7 Å². The molecule has 2 rings (SSSR count). The fourth-order valence-corrected chi connectivity index (χ4v) is 3.02. The van der Waals surface area contributed by atoms with Crippen LogP contribution in [0.15, 0.2) is 24.3 Å². The van der Waals surface area contributed by atoms with E-state index in [1.54, 1.807) is 0 Å². The molecule has 2 N–H and O–H groups in total. The molecular weight excluding hydrogens is 232 g/mol. The van der Waals surface area contributed by atoms with Crippen LogP contribution in [0.2, 0.25) is 5.02 Å². The molecule has 1 aromatic rings. The maximum absolute atomic E-state index is 5.95. The predicted molar refractivity (Wildman–Crippen MR) is 73.2 cm³/mol. The van der Waals surface area contributed by atoms with E-state index in [4.69, 9.17) is 17.3 Å². The SMILES string of the molecule is CCN1CCCC(CN)C1c1ccc(Cl)cc1. The van der Waals surface area contributed by atoms with Crippen LogP contribution in [0.25, 0.3) is 0 Å². The number of hydrogen-bond donors (Lipinski definition) is 1. The quantitative estimate of drug-likeness (QED) is 0.896. The van der Waals surface area contributed by atoms with E-state index in [2.05, 4.69) is 24.0 Å². The van der Waals surface area contributed by atoms with Gasteiger partial charge in [0.15, 0.2) is 0 Å². The number of nitrogens with zero attached hydrogens (tertiary/aromatic N) is 1. The summed E-state index contributed by atoms with van der Waals surface area (Å²) in [6.07, 6.45) is 2.50. The van der Waals surface area contributed by atoms with Gasteiger partial charge in [-0.15, -0.1) is 0 Å². The zero-order valence-electron chi connectivity index (χ0n) is 10.4. The van der Waals surface area contributed by atoms with Crippen LogP contribution in [-0.4, -0.2) is 24.5 Å². The highest BCUT2D eigenvalue weighted by atomic mass is 35.5. The summed E-state index contributed by atoms with van der Waals surface area (Å²) in [5.41, 5.74) is 7.28. The first kappa shape index (κ1) is 12.9. The van der Waals surface area contributed by atoms with Gasteiger partial charge in [0.05, 0.1) is 0 Å². The Labute approximate surface area is 109 Å². The van der Waals surface area contributed by atoms with Gasteiger partial charge >= 0.3 is 0 Å². The second kappa shape index (κ2) is 5.85. The Morgan fingerprint density at radius 2 is 2.06 bits per heavy atom. The van der Waals surface area contributed by atoms with Crippen LogP contribution in [0, 0.1) is 5.92 Å². The van der Waals surface area contributed by atoms with E-state index in [-0.39, 0.29) is 0 Å². The monoisotopic (exact) mass is 252 g/mol. The summed E-state index contributed by atoms with van der Waals surface area (Å²) in [7, 11) is 0. The second-order valence-electron chi connectivity index (χ2n) is 4.76. The summed E-state index contributed by atoms with van der Waals surface area (Å²) < 4.78 is 0. The van der Waals surface area contributed by atoms with Gasteiger partial charge < -0.3 is 5.73 Å². The van der Waals surface area contributed by atoms with E-state index in [1.165, 1.54) is 24.9 Å². The van der Waals surface area contributed by atoms with Crippen LogP contribution in [-0.2, 0) is 0 Å². The molecule has 0 amide bonds. The Morgan fingerprint density at radius 1 is 1.35 bits per heavy atom. The van der Waals surface area contributed by atoms with Crippen LogP contribution >= 0.6 is 11.6 Å². The summed E-state index contributed by atoms with van der Waals surface area (Å²) in [4.78, 5) is 2.53. The zero-order valence-corrected chi connectivity index (χ0v) is 11.2. The normalized spacial score (nSPS) is 26.1. The van der Waals surface area contributed by atoms with Gasteiger partial charge in [-0.2, -0.15) is 0 Å². The lowest BCUT2D eigenvalue weighted by atomic mass is 9.85. The maximum Gasteiger partial charge on any atom is 0.0406 e. The highest BCUT2D eigenvalue weighted by Gasteiger charge is 2.30. The topological polar surface area (TPSA) is 29.3 Å². The summed E-state index contributed by atoms with van der Waals surface area (Å²) in [5.74, 6) is 0.574. The van der Waals surface area contributed by atoms with Gasteiger partial charge in [-0.05, 0) is 56.1 Å². The lowest BCUT2D eigenvalue weighted by molar-refractivity contribution is 0.102. The van der Waals surface area contributed by atoms with Gasteiger partial charge in [-0.25, -0.2) is 0 Å². The van der Waals surface area contributed by atoms with Gasteiger partial charge in [0, 0.05) is 11.1 Å². The molecule has 1 aromatic carbocycles. The molecule has 1 heterocycles. The Bertz CT molecular complexity index is 338. The molecule has 0 bridgehead atoms. The lowest BCUT2D eigenvalue weighted by Crippen LogP contribution is -2.41. The number of benzene rings is 1. The largest absolute Gasteiger partial charge is 0.330 e. The fraction of sp³-hybridized carbons (Fsp3) is 0.571. The average Bonchev–Trinajstić information content (AvgIpc) is 2.38. The van der Waals surface area contributed by atoms with Crippen LogP contribution in [0.4, 0.5) is 0 Å². The Kier molecular flexibility index (Phi) is 4.43. The van der Waals surface area contributed by atoms with Crippen molar-refractivity contribution in [3.63, 3.8) is 0 Å². The van der Waals surface area contributed by atoms with Crippen molar-refractivity contribution in [3.8, 4) is 0 Å². The van der Waals surface area contributed by atoms with E-state index in [0.717, 1.165) is 18.1 Å². The zero-order chi connectivity index (χ0) is 12.3. The van der Waals surface area contributed by atoms with E-state index >= 15 is 0 Å². The molecule has 3 heteroatoms. The smallest absolute Gasteiger partial charge is 0.0406 e. The number of hydrogen-bond acceptors (Lipinski definition) is 2. The molecule has 94 valence electrons. The maximum atomic E-state index is 5.95. The first-order valence-corrected chi connectivity index (χ1v) is 6.83. The van der Waals surface area contributed by atoms with Crippen molar-refractivity contribution in [2.45, 2.75) is 25.8 Å². The molecule has 1 aliphatic heterocycles. The number of halogens is 1. The first-order chi connectivity index (χ1) is 8.26. The number of nitrogens with two attached hydrogens (primary N) is 1. The Morgan fingerprint density at radius 3 is 2.65 bits per heavy atom. The molecule has 0 aliphatic carbocycles. The molecular formula is C14H21ClN2. The summed E-state index contributed by atoms with van der Waals surface area (Å²) >= 11 is 5.95. The predicted octanol–water partition coefficient (Wildman–Crippen LogP) is 3.07. The highest BCUT2D eigenvalue weighted by Crippen LogP contribution is 2.35. The van der Waals surface area contributed by atoms with E-state index in [1.807, 2.05) is 12.1 Å².